The van der Waals surface area contributed by atoms with Crippen LogP contribution in [0.2, 0.25) is 0 Å². The summed E-state index contributed by atoms with van der Waals surface area (Å²) in [5.74, 6) is 1.03. The molecule has 2 aromatic rings. The molecule has 1 amide bonds. The van der Waals surface area contributed by atoms with E-state index in [-0.39, 0.29) is 5.91 Å². The number of hydrogen-bond acceptors (Lipinski definition) is 4. The maximum atomic E-state index is 13.0. The van der Waals surface area contributed by atoms with Gasteiger partial charge in [-0.25, -0.2) is 0 Å². The number of benzene rings is 1. The predicted molar refractivity (Wildman–Crippen MR) is 116 cm³/mol. The van der Waals surface area contributed by atoms with Crippen LogP contribution >= 0.6 is 0 Å². The van der Waals surface area contributed by atoms with Crippen LogP contribution in [0.5, 0.6) is 5.75 Å². The van der Waals surface area contributed by atoms with Crippen LogP contribution < -0.4 is 9.64 Å². The Balaban J connectivity index is 1.53. The zero-order valence-corrected chi connectivity index (χ0v) is 17.6. The van der Waals surface area contributed by atoms with Gasteiger partial charge in [-0.05, 0) is 42.8 Å². The number of nitrogens with zero attached hydrogens (tertiary/aromatic N) is 4. The summed E-state index contributed by atoms with van der Waals surface area (Å²) in [4.78, 5) is 19.8. The summed E-state index contributed by atoms with van der Waals surface area (Å²) >= 11 is 0. The Labute approximate surface area is 173 Å². The van der Waals surface area contributed by atoms with Crippen LogP contribution in [-0.2, 0) is 7.05 Å². The average Bonchev–Trinajstić information content (AvgIpc) is 3.08. The number of rotatable bonds is 5. The second kappa shape index (κ2) is 8.23. The number of aromatic nitrogens is 1. The van der Waals surface area contributed by atoms with Crippen molar-refractivity contribution in [1.29, 1.82) is 0 Å². The third-order valence-electron chi connectivity index (χ3n) is 5.89. The lowest BCUT2D eigenvalue weighted by Gasteiger charge is -2.38. The zero-order valence-electron chi connectivity index (χ0n) is 17.6. The molecule has 6 heteroatoms. The van der Waals surface area contributed by atoms with Crippen LogP contribution in [0.1, 0.15) is 29.4 Å². The molecule has 2 aliphatic heterocycles. The molecule has 154 valence electrons. The van der Waals surface area contributed by atoms with E-state index in [4.69, 9.17) is 4.74 Å². The van der Waals surface area contributed by atoms with Gasteiger partial charge in [0.2, 0.25) is 0 Å². The fraction of sp³-hybridized carbons (Fsp3) is 0.435. The first kappa shape index (κ1) is 19.4. The van der Waals surface area contributed by atoms with Gasteiger partial charge < -0.3 is 24.0 Å². The number of amides is 1. The van der Waals surface area contributed by atoms with Crippen molar-refractivity contribution in [3.05, 3.63) is 53.9 Å². The Morgan fingerprint density at radius 3 is 2.34 bits per heavy atom. The van der Waals surface area contributed by atoms with Crippen LogP contribution in [0.3, 0.4) is 0 Å². The molecule has 2 aliphatic rings. The van der Waals surface area contributed by atoms with Crippen LogP contribution in [0.25, 0.3) is 5.70 Å². The second-order valence-electron chi connectivity index (χ2n) is 7.70. The van der Waals surface area contributed by atoms with Crippen molar-refractivity contribution < 1.29 is 9.53 Å². The summed E-state index contributed by atoms with van der Waals surface area (Å²) in [5, 5.41) is 0. The van der Waals surface area contributed by atoms with Gasteiger partial charge >= 0.3 is 0 Å². The maximum Gasteiger partial charge on any atom is 0.256 e. The van der Waals surface area contributed by atoms with E-state index in [0.717, 1.165) is 56.2 Å². The van der Waals surface area contributed by atoms with E-state index in [1.54, 1.807) is 7.11 Å². The van der Waals surface area contributed by atoms with E-state index in [0.29, 0.717) is 6.54 Å². The van der Waals surface area contributed by atoms with Crippen LogP contribution in [0, 0.1) is 0 Å². The van der Waals surface area contributed by atoms with Gasteiger partial charge in [-0.2, -0.15) is 0 Å². The lowest BCUT2D eigenvalue weighted by Crippen LogP contribution is -2.45. The van der Waals surface area contributed by atoms with E-state index in [1.165, 1.54) is 11.4 Å². The first-order valence-electron chi connectivity index (χ1n) is 10.4. The van der Waals surface area contributed by atoms with Crippen molar-refractivity contribution >= 4 is 17.3 Å². The molecule has 3 heterocycles. The van der Waals surface area contributed by atoms with Crippen LogP contribution in [0.15, 0.2) is 42.6 Å². The highest BCUT2D eigenvalue weighted by Gasteiger charge is 2.29. The van der Waals surface area contributed by atoms with Crippen molar-refractivity contribution in [2.24, 2.45) is 7.05 Å². The fourth-order valence-corrected chi connectivity index (χ4v) is 4.31. The Hall–Kier alpha value is -2.89. The number of piperazine rings is 1. The Kier molecular flexibility index (Phi) is 5.51. The third kappa shape index (κ3) is 3.71. The monoisotopic (exact) mass is 394 g/mol. The molecule has 29 heavy (non-hydrogen) atoms. The number of hydrogen-bond donors (Lipinski definition) is 0. The summed E-state index contributed by atoms with van der Waals surface area (Å²) < 4.78 is 7.36. The molecule has 0 N–H and O–H groups in total. The third-order valence-corrected chi connectivity index (χ3v) is 5.89. The molecular formula is C23H30N4O2. The molecule has 1 saturated heterocycles. The molecule has 0 unspecified atom stereocenters. The number of carbonyl (C=O) groups excluding carboxylic acids is 1. The predicted octanol–water partition coefficient (Wildman–Crippen LogP) is 3.06. The van der Waals surface area contributed by atoms with E-state index in [1.807, 2.05) is 36.3 Å². The van der Waals surface area contributed by atoms with E-state index in [9.17, 15) is 4.79 Å². The Morgan fingerprint density at radius 2 is 1.69 bits per heavy atom. The standard InChI is InChI=1S/C23H30N4O2/c1-4-11-27-13-10-21(22-20(23(27)28)9-12-24(22)2)26-16-14-25(15-17-26)18-5-7-19(29-3)8-6-18/h5-10,12H,4,11,13-17H2,1-3H3. The highest BCUT2D eigenvalue weighted by Crippen LogP contribution is 2.29. The molecule has 0 radical (unpaired) electrons. The number of aryl methyl sites for hydroxylation is 1. The van der Waals surface area contributed by atoms with Crippen molar-refractivity contribution in [3.8, 4) is 5.75 Å². The minimum absolute atomic E-state index is 0.144. The van der Waals surface area contributed by atoms with Gasteiger partial charge in [0, 0.05) is 58.2 Å². The fourth-order valence-electron chi connectivity index (χ4n) is 4.31. The molecule has 1 fully saturated rings. The number of ether oxygens (including phenoxy) is 1. The quantitative estimate of drug-likeness (QED) is 0.782. The molecule has 0 atom stereocenters. The van der Waals surface area contributed by atoms with Crippen LogP contribution in [-0.4, -0.2) is 66.7 Å². The van der Waals surface area contributed by atoms with Gasteiger partial charge in [0.1, 0.15) is 5.75 Å². The smallest absolute Gasteiger partial charge is 0.256 e. The zero-order chi connectivity index (χ0) is 20.4. The van der Waals surface area contributed by atoms with Crippen molar-refractivity contribution in [2.45, 2.75) is 13.3 Å². The molecule has 1 aromatic heterocycles. The van der Waals surface area contributed by atoms with Gasteiger partial charge in [0.25, 0.3) is 5.91 Å². The first-order chi connectivity index (χ1) is 14.1. The molecule has 0 saturated carbocycles. The lowest BCUT2D eigenvalue weighted by atomic mass is 10.1. The molecule has 4 rings (SSSR count). The van der Waals surface area contributed by atoms with Crippen molar-refractivity contribution in [3.63, 3.8) is 0 Å². The van der Waals surface area contributed by atoms with Gasteiger partial charge in [-0.15, -0.1) is 0 Å². The molecule has 0 aliphatic carbocycles. The summed E-state index contributed by atoms with van der Waals surface area (Å²) in [6, 6.07) is 10.2. The van der Waals surface area contributed by atoms with E-state index >= 15 is 0 Å². The lowest BCUT2D eigenvalue weighted by molar-refractivity contribution is 0.0775. The number of methoxy groups -OCH3 is 1. The summed E-state index contributed by atoms with van der Waals surface area (Å²) in [6.07, 6.45) is 5.21. The number of anilines is 1. The SMILES string of the molecule is CCCN1CC=C(N2CCN(c3ccc(OC)cc3)CC2)c2c(ccn2C)C1=O. The molecular weight excluding hydrogens is 364 g/mol. The second-order valence-corrected chi connectivity index (χ2v) is 7.70. The van der Waals surface area contributed by atoms with Gasteiger partial charge in [-0.1, -0.05) is 6.92 Å². The van der Waals surface area contributed by atoms with E-state index < -0.39 is 0 Å². The van der Waals surface area contributed by atoms with Crippen molar-refractivity contribution in [2.75, 3.05) is 51.3 Å². The summed E-state index contributed by atoms with van der Waals surface area (Å²) in [6.45, 7) is 7.37. The maximum absolute atomic E-state index is 13.0. The van der Waals surface area contributed by atoms with Crippen LogP contribution in [0.4, 0.5) is 5.69 Å². The summed E-state index contributed by atoms with van der Waals surface area (Å²) in [5.41, 5.74) is 4.28. The summed E-state index contributed by atoms with van der Waals surface area (Å²) in [7, 11) is 3.72. The largest absolute Gasteiger partial charge is 0.497 e. The number of carbonyl (C=O) groups is 1. The van der Waals surface area contributed by atoms with Gasteiger partial charge in [0.05, 0.1) is 24.1 Å². The molecule has 1 aromatic carbocycles. The average molecular weight is 395 g/mol. The topological polar surface area (TPSA) is 41.0 Å². The van der Waals surface area contributed by atoms with E-state index in [2.05, 4.69) is 39.5 Å². The first-order valence-corrected chi connectivity index (χ1v) is 10.4. The minimum Gasteiger partial charge on any atom is -0.497 e. The normalized spacial score (nSPS) is 17.1. The molecule has 6 nitrogen and oxygen atoms in total. The minimum atomic E-state index is 0.144. The van der Waals surface area contributed by atoms with Crippen molar-refractivity contribution in [1.82, 2.24) is 14.4 Å². The Bertz CT molecular complexity index is 892. The van der Waals surface area contributed by atoms with Gasteiger partial charge in [0.15, 0.2) is 0 Å². The Morgan fingerprint density at radius 1 is 1.00 bits per heavy atom. The molecule has 0 bridgehead atoms. The molecule has 0 spiro atoms. The number of fused-ring (bicyclic) bond motifs is 1. The highest BCUT2D eigenvalue weighted by molar-refractivity contribution is 5.99. The van der Waals surface area contributed by atoms with Gasteiger partial charge in [-0.3, -0.25) is 4.79 Å². The highest BCUT2D eigenvalue weighted by atomic mass is 16.5.